The molecule has 2 amide bonds. The SMILES string of the molecule is CC12CC3CC(C)(C1)CC(NC(=O)OCCl)(C3)C2.CC12CC3CC(C)(C1)CC(NC(=O)OCOC(=O)c1ccccc1)(C3)C2.O=C(O)c1ccccc1. The molecule has 8 fully saturated rings. The van der Waals surface area contributed by atoms with E-state index in [1.807, 2.05) is 6.07 Å². The van der Waals surface area contributed by atoms with Crippen molar-refractivity contribution >= 4 is 35.7 Å². The first kappa shape index (κ1) is 38.9. The lowest BCUT2D eigenvalue weighted by atomic mass is 9.43. The standard InChI is InChI=1S/C21H27NO4.C14H22ClNO2.C7H6O2/c1-19-8-15-9-20(2,11-19)13-21(10-15,12-19)22-18(24)26-14-25-17(23)16-6-4-3-5-7-16;1-12-3-10-4-13(2,6-12)8-14(5-10,7-12)16-11(17)18-9-15;8-7(9)6-4-2-1-3-5-6/h3-7,15H,8-14H2,1-2H3,(H,22,24);10H,3-9H2,1-2H3,(H,16,17);1-5H,(H,8,9). The lowest BCUT2D eigenvalue weighted by molar-refractivity contribution is -0.116. The average molecular weight is 751 g/mol. The molecule has 0 spiro atoms. The Labute approximate surface area is 318 Å². The van der Waals surface area contributed by atoms with E-state index in [2.05, 4.69) is 38.3 Å². The zero-order valence-corrected chi connectivity index (χ0v) is 32.3. The largest absolute Gasteiger partial charge is 0.478 e. The third-order valence-electron chi connectivity index (χ3n) is 12.6. The Hall–Kier alpha value is -3.79. The van der Waals surface area contributed by atoms with Crippen LogP contribution < -0.4 is 10.6 Å². The predicted molar refractivity (Wildman–Crippen MR) is 200 cm³/mol. The van der Waals surface area contributed by atoms with Gasteiger partial charge in [-0.25, -0.2) is 19.2 Å². The Bertz CT molecular complexity index is 1630. The number of hydrogen-bond donors (Lipinski definition) is 3. The monoisotopic (exact) mass is 750 g/mol. The highest BCUT2D eigenvalue weighted by Gasteiger charge is 2.62. The summed E-state index contributed by atoms with van der Waals surface area (Å²) in [6.45, 7) is 9.13. The van der Waals surface area contributed by atoms with Crippen molar-refractivity contribution in [3.05, 3.63) is 71.8 Å². The number of carbonyl (C=O) groups excluding carboxylic acids is 3. The van der Waals surface area contributed by atoms with Gasteiger partial charge in [-0.2, -0.15) is 0 Å². The van der Waals surface area contributed by atoms with Crippen molar-refractivity contribution in [2.24, 2.45) is 33.5 Å². The van der Waals surface area contributed by atoms with Gasteiger partial charge in [-0.3, -0.25) is 0 Å². The molecule has 53 heavy (non-hydrogen) atoms. The zero-order valence-electron chi connectivity index (χ0n) is 31.5. The molecule has 0 heterocycles. The number of aromatic carboxylic acids is 1. The molecule has 2 aromatic rings. The van der Waals surface area contributed by atoms with Crippen LogP contribution in [0.5, 0.6) is 0 Å². The number of ether oxygens (including phenoxy) is 3. The molecule has 4 atom stereocenters. The van der Waals surface area contributed by atoms with Crippen molar-refractivity contribution in [1.82, 2.24) is 10.6 Å². The highest BCUT2D eigenvalue weighted by atomic mass is 35.5. The number of amides is 2. The molecule has 10 rings (SSSR count). The van der Waals surface area contributed by atoms with Crippen LogP contribution in [0.2, 0.25) is 0 Å². The number of carbonyl (C=O) groups is 4. The van der Waals surface area contributed by atoms with Gasteiger partial charge < -0.3 is 30.0 Å². The van der Waals surface area contributed by atoms with E-state index in [0.29, 0.717) is 38.7 Å². The zero-order chi connectivity index (χ0) is 38.1. The maximum Gasteiger partial charge on any atom is 0.410 e. The maximum absolute atomic E-state index is 12.3. The van der Waals surface area contributed by atoms with Crippen LogP contribution in [-0.4, -0.2) is 53.2 Å². The molecule has 8 aliphatic rings. The molecule has 3 N–H and O–H groups in total. The molecule has 4 unspecified atom stereocenters. The first-order valence-corrected chi connectivity index (χ1v) is 19.5. The number of esters is 1. The Morgan fingerprint density at radius 1 is 0.604 bits per heavy atom. The summed E-state index contributed by atoms with van der Waals surface area (Å²) in [6, 6.07) is 16.9. The predicted octanol–water partition coefficient (Wildman–Crippen LogP) is 9.32. The number of halogens is 1. The fourth-order valence-corrected chi connectivity index (χ4v) is 13.2. The fourth-order valence-electron chi connectivity index (χ4n) is 13.1. The Balaban J connectivity index is 0.000000153. The Kier molecular flexibility index (Phi) is 10.9. The topological polar surface area (TPSA) is 140 Å². The van der Waals surface area contributed by atoms with E-state index < -0.39 is 18.0 Å². The number of carboxylic acid groups (broad SMARTS) is 1. The molecule has 0 radical (unpaired) electrons. The summed E-state index contributed by atoms with van der Waals surface area (Å²) in [4.78, 5) is 46.1. The Morgan fingerprint density at radius 3 is 1.36 bits per heavy atom. The minimum atomic E-state index is -0.879. The Morgan fingerprint density at radius 2 is 1.00 bits per heavy atom. The van der Waals surface area contributed by atoms with Gasteiger partial charge in [0.25, 0.3) is 0 Å². The molecule has 0 aliphatic heterocycles. The first-order chi connectivity index (χ1) is 25.0. The molecule has 2 aromatic carbocycles. The normalized spacial score (nSPS) is 36.5. The molecule has 10 nitrogen and oxygen atoms in total. The minimum absolute atomic E-state index is 0.0357. The van der Waals surface area contributed by atoms with Crippen molar-refractivity contribution < 1.29 is 38.5 Å². The summed E-state index contributed by atoms with van der Waals surface area (Å²) in [7, 11) is 0. The van der Waals surface area contributed by atoms with Crippen molar-refractivity contribution in [2.75, 3.05) is 12.9 Å². The van der Waals surface area contributed by atoms with Crippen LogP contribution in [0.4, 0.5) is 9.59 Å². The summed E-state index contributed by atoms with van der Waals surface area (Å²) in [5, 5.41) is 14.7. The van der Waals surface area contributed by atoms with Gasteiger partial charge in [-0.1, -0.05) is 75.7 Å². The first-order valence-electron chi connectivity index (χ1n) is 18.9. The molecule has 8 bridgehead atoms. The van der Waals surface area contributed by atoms with E-state index in [4.69, 9.17) is 30.9 Å². The number of alkyl carbamates (subject to hydrolysis) is 2. The van der Waals surface area contributed by atoms with Crippen LogP contribution in [0.3, 0.4) is 0 Å². The van der Waals surface area contributed by atoms with E-state index in [1.54, 1.807) is 54.6 Å². The van der Waals surface area contributed by atoms with E-state index >= 15 is 0 Å². The van der Waals surface area contributed by atoms with Gasteiger partial charge in [0.05, 0.1) is 11.1 Å². The smallest absolute Gasteiger partial charge is 0.410 e. The minimum Gasteiger partial charge on any atom is -0.478 e. The number of alkyl halides is 1. The number of benzene rings is 2. The van der Waals surface area contributed by atoms with Crippen LogP contribution in [0.25, 0.3) is 0 Å². The van der Waals surface area contributed by atoms with Gasteiger partial charge in [-0.05, 0) is 135 Å². The number of carboxylic acids is 1. The van der Waals surface area contributed by atoms with E-state index in [0.717, 1.165) is 44.4 Å². The van der Waals surface area contributed by atoms with E-state index in [1.165, 1.54) is 38.5 Å². The lowest BCUT2D eigenvalue weighted by Gasteiger charge is -2.65. The molecule has 288 valence electrons. The third-order valence-corrected chi connectivity index (χ3v) is 12.7. The third kappa shape index (κ3) is 9.30. The summed E-state index contributed by atoms with van der Waals surface area (Å²) < 4.78 is 15.0. The van der Waals surface area contributed by atoms with Crippen LogP contribution in [-0.2, 0) is 14.2 Å². The quantitative estimate of drug-likeness (QED) is 0.145. The molecule has 11 heteroatoms. The molecule has 0 saturated heterocycles. The van der Waals surface area contributed by atoms with Gasteiger partial charge in [0.2, 0.25) is 6.79 Å². The van der Waals surface area contributed by atoms with Crippen molar-refractivity contribution in [1.29, 1.82) is 0 Å². The van der Waals surface area contributed by atoms with Crippen LogP contribution in [0.1, 0.15) is 125 Å². The summed E-state index contributed by atoms with van der Waals surface area (Å²) in [5.41, 5.74) is 2.03. The highest BCUT2D eigenvalue weighted by Crippen LogP contribution is 2.67. The lowest BCUT2D eigenvalue weighted by Crippen LogP contribution is -2.65. The van der Waals surface area contributed by atoms with E-state index in [9.17, 15) is 19.2 Å². The van der Waals surface area contributed by atoms with Gasteiger partial charge in [-0.15, -0.1) is 0 Å². The molecular formula is C42H55ClN2O8. The molecule has 0 aromatic heterocycles. The van der Waals surface area contributed by atoms with Crippen LogP contribution in [0, 0.1) is 33.5 Å². The van der Waals surface area contributed by atoms with Gasteiger partial charge >= 0.3 is 24.1 Å². The highest BCUT2D eigenvalue weighted by molar-refractivity contribution is 6.17. The number of hydrogen-bond acceptors (Lipinski definition) is 7. The average Bonchev–Trinajstić information content (AvgIpc) is 3.02. The van der Waals surface area contributed by atoms with Crippen LogP contribution >= 0.6 is 11.6 Å². The second-order valence-corrected chi connectivity index (χ2v) is 18.8. The second kappa shape index (κ2) is 14.8. The maximum atomic E-state index is 12.3. The van der Waals surface area contributed by atoms with Gasteiger partial charge in [0, 0.05) is 11.1 Å². The fraction of sp³-hybridized carbons (Fsp3) is 0.619. The van der Waals surface area contributed by atoms with Crippen molar-refractivity contribution in [3.8, 4) is 0 Å². The number of rotatable bonds is 7. The van der Waals surface area contributed by atoms with E-state index in [-0.39, 0.29) is 30.0 Å². The van der Waals surface area contributed by atoms with Crippen LogP contribution in [0.15, 0.2) is 60.7 Å². The van der Waals surface area contributed by atoms with Crippen molar-refractivity contribution in [3.63, 3.8) is 0 Å². The number of nitrogens with one attached hydrogen (secondary N) is 2. The summed E-state index contributed by atoms with van der Waals surface area (Å²) in [5.74, 6) is 0.0915. The van der Waals surface area contributed by atoms with Crippen molar-refractivity contribution in [2.45, 2.75) is 116 Å². The van der Waals surface area contributed by atoms with Gasteiger partial charge in [0.1, 0.15) is 0 Å². The molecule has 8 aliphatic carbocycles. The summed E-state index contributed by atoms with van der Waals surface area (Å²) >= 11 is 5.45. The molecule has 8 saturated carbocycles. The summed E-state index contributed by atoms with van der Waals surface area (Å²) in [6.07, 6.45) is 13.3. The second-order valence-electron chi connectivity index (χ2n) is 18.6. The molecular weight excluding hydrogens is 696 g/mol. The van der Waals surface area contributed by atoms with Gasteiger partial charge in [0.15, 0.2) is 6.07 Å².